The maximum absolute atomic E-state index is 13.2. The van der Waals surface area contributed by atoms with Crippen LogP contribution < -0.4 is 5.32 Å². The van der Waals surface area contributed by atoms with Crippen molar-refractivity contribution in [3.63, 3.8) is 0 Å². The summed E-state index contributed by atoms with van der Waals surface area (Å²) in [6.07, 6.45) is 3.62. The molecular weight excluding hydrogens is 255 g/mol. The summed E-state index contributed by atoms with van der Waals surface area (Å²) < 4.78 is 19.1. The van der Waals surface area contributed by atoms with Crippen molar-refractivity contribution in [1.82, 2.24) is 10.3 Å². The average molecular weight is 270 g/mol. The van der Waals surface area contributed by atoms with Crippen LogP contribution in [0.3, 0.4) is 0 Å². The Morgan fingerprint density at radius 2 is 2.05 bits per heavy atom. The predicted octanol–water partition coefficient (Wildman–Crippen LogP) is 3.58. The number of hydrogen-bond donors (Lipinski definition) is 1. The van der Waals surface area contributed by atoms with Crippen LogP contribution in [0.2, 0.25) is 0 Å². The third-order valence-electron chi connectivity index (χ3n) is 3.30. The Bertz CT molecular complexity index is 751. The average Bonchev–Trinajstić information content (AvgIpc) is 2.82. The minimum Gasteiger partial charge on any atom is -0.459 e. The van der Waals surface area contributed by atoms with E-state index in [9.17, 15) is 4.39 Å². The normalized spacial score (nSPS) is 12.8. The predicted molar refractivity (Wildman–Crippen MR) is 76.0 cm³/mol. The van der Waals surface area contributed by atoms with Gasteiger partial charge in [0.15, 0.2) is 0 Å². The summed E-state index contributed by atoms with van der Waals surface area (Å²) in [7, 11) is 1.86. The van der Waals surface area contributed by atoms with Gasteiger partial charge >= 0.3 is 0 Å². The van der Waals surface area contributed by atoms with Crippen LogP contribution in [0.5, 0.6) is 0 Å². The second-order valence-corrected chi connectivity index (χ2v) is 4.85. The molecule has 0 amide bonds. The maximum atomic E-state index is 13.2. The fourth-order valence-corrected chi connectivity index (χ4v) is 2.39. The highest BCUT2D eigenvalue weighted by Gasteiger charge is 2.17. The summed E-state index contributed by atoms with van der Waals surface area (Å²) in [4.78, 5) is 4.20. The second kappa shape index (κ2) is 5.06. The van der Waals surface area contributed by atoms with Crippen LogP contribution in [0, 0.1) is 12.7 Å². The number of aryl methyl sites for hydroxylation is 1. The molecule has 20 heavy (non-hydrogen) atoms. The second-order valence-electron chi connectivity index (χ2n) is 4.85. The van der Waals surface area contributed by atoms with Gasteiger partial charge < -0.3 is 9.73 Å². The first-order valence-electron chi connectivity index (χ1n) is 6.45. The van der Waals surface area contributed by atoms with Gasteiger partial charge in [0.2, 0.25) is 0 Å². The first kappa shape index (κ1) is 12.8. The van der Waals surface area contributed by atoms with E-state index in [0.717, 1.165) is 22.3 Å². The van der Waals surface area contributed by atoms with Crippen LogP contribution in [0.4, 0.5) is 4.39 Å². The lowest BCUT2D eigenvalue weighted by Crippen LogP contribution is -2.17. The smallest absolute Gasteiger partial charge is 0.134 e. The van der Waals surface area contributed by atoms with Gasteiger partial charge in [-0.15, -0.1) is 0 Å². The van der Waals surface area contributed by atoms with E-state index < -0.39 is 0 Å². The van der Waals surface area contributed by atoms with Crippen molar-refractivity contribution in [2.24, 2.45) is 0 Å². The number of nitrogens with zero attached hydrogens (tertiary/aromatic N) is 1. The van der Waals surface area contributed by atoms with Crippen molar-refractivity contribution in [1.29, 1.82) is 0 Å². The van der Waals surface area contributed by atoms with E-state index in [1.54, 1.807) is 6.07 Å². The number of aromatic nitrogens is 1. The number of benzene rings is 1. The minimum absolute atomic E-state index is 0.0992. The molecule has 3 rings (SSSR count). The van der Waals surface area contributed by atoms with Crippen molar-refractivity contribution < 1.29 is 8.81 Å². The number of halogens is 1. The summed E-state index contributed by atoms with van der Waals surface area (Å²) in [5.74, 6) is 0.489. The van der Waals surface area contributed by atoms with E-state index >= 15 is 0 Å². The molecule has 0 saturated heterocycles. The van der Waals surface area contributed by atoms with Crippen LogP contribution in [0.25, 0.3) is 11.0 Å². The topological polar surface area (TPSA) is 38.1 Å². The molecule has 2 aromatic heterocycles. The Morgan fingerprint density at radius 3 is 2.80 bits per heavy atom. The van der Waals surface area contributed by atoms with Crippen LogP contribution >= 0.6 is 0 Å². The number of hydrogen-bond acceptors (Lipinski definition) is 3. The van der Waals surface area contributed by atoms with Gasteiger partial charge in [-0.25, -0.2) is 4.39 Å². The maximum Gasteiger partial charge on any atom is 0.134 e. The third-order valence-corrected chi connectivity index (χ3v) is 3.30. The molecule has 1 aromatic carbocycles. The Kier molecular flexibility index (Phi) is 3.24. The lowest BCUT2D eigenvalue weighted by Gasteiger charge is -2.13. The highest BCUT2D eigenvalue weighted by Crippen LogP contribution is 2.28. The molecule has 3 nitrogen and oxygen atoms in total. The Balaban J connectivity index is 2.07. The Labute approximate surface area is 116 Å². The van der Waals surface area contributed by atoms with E-state index in [2.05, 4.69) is 16.4 Å². The van der Waals surface area contributed by atoms with Crippen molar-refractivity contribution in [3.8, 4) is 0 Å². The highest BCUT2D eigenvalue weighted by molar-refractivity contribution is 5.78. The quantitative estimate of drug-likeness (QED) is 0.790. The third kappa shape index (κ3) is 2.30. The zero-order chi connectivity index (χ0) is 14.1. The van der Waals surface area contributed by atoms with Crippen molar-refractivity contribution in [3.05, 3.63) is 65.4 Å². The minimum atomic E-state index is -0.261. The van der Waals surface area contributed by atoms with E-state index in [1.807, 2.05) is 32.4 Å². The molecule has 0 aliphatic heterocycles. The van der Waals surface area contributed by atoms with Gasteiger partial charge in [0.25, 0.3) is 0 Å². The highest BCUT2D eigenvalue weighted by atomic mass is 19.1. The first-order valence-corrected chi connectivity index (χ1v) is 6.45. The SMILES string of the molecule is CNC(c1cncc(C)c1)c1cc2cc(F)ccc2o1. The number of furan rings is 1. The number of fused-ring (bicyclic) bond motifs is 1. The zero-order valence-corrected chi connectivity index (χ0v) is 11.4. The Hall–Kier alpha value is -2.20. The van der Waals surface area contributed by atoms with E-state index in [-0.39, 0.29) is 11.9 Å². The molecule has 4 heteroatoms. The molecule has 0 aliphatic carbocycles. The number of nitrogens with one attached hydrogen (secondary N) is 1. The molecule has 2 heterocycles. The van der Waals surface area contributed by atoms with Gasteiger partial charge in [0.05, 0.1) is 6.04 Å². The standard InChI is InChI=1S/C16H15FN2O/c1-10-5-12(9-19-8-10)16(18-2)15-7-11-6-13(17)3-4-14(11)20-15/h3-9,16,18H,1-2H3. The number of pyridine rings is 1. The monoisotopic (exact) mass is 270 g/mol. The van der Waals surface area contributed by atoms with Gasteiger partial charge in [0, 0.05) is 17.8 Å². The van der Waals surface area contributed by atoms with Gasteiger partial charge in [-0.3, -0.25) is 4.98 Å². The molecule has 0 saturated carbocycles. The van der Waals surface area contributed by atoms with E-state index in [1.165, 1.54) is 12.1 Å². The van der Waals surface area contributed by atoms with Crippen molar-refractivity contribution in [2.45, 2.75) is 13.0 Å². The summed E-state index contributed by atoms with van der Waals surface area (Å²) in [6, 6.07) is 8.35. The van der Waals surface area contributed by atoms with Gasteiger partial charge in [-0.2, -0.15) is 0 Å². The van der Waals surface area contributed by atoms with E-state index in [0.29, 0.717) is 5.58 Å². The van der Waals surface area contributed by atoms with Crippen LogP contribution in [0.15, 0.2) is 47.1 Å². The largest absolute Gasteiger partial charge is 0.459 e. The summed E-state index contributed by atoms with van der Waals surface area (Å²) >= 11 is 0. The molecule has 1 unspecified atom stereocenters. The molecule has 1 N–H and O–H groups in total. The summed E-state index contributed by atoms with van der Waals surface area (Å²) in [5.41, 5.74) is 2.79. The van der Waals surface area contributed by atoms with E-state index in [4.69, 9.17) is 4.42 Å². The van der Waals surface area contributed by atoms with Crippen LogP contribution in [-0.2, 0) is 0 Å². The molecule has 0 fully saturated rings. The molecule has 0 spiro atoms. The summed E-state index contributed by atoms with van der Waals surface area (Å²) in [6.45, 7) is 2.00. The molecule has 1 atom stereocenters. The van der Waals surface area contributed by atoms with Crippen molar-refractivity contribution >= 4 is 11.0 Å². The Morgan fingerprint density at radius 1 is 1.20 bits per heavy atom. The van der Waals surface area contributed by atoms with Gasteiger partial charge in [-0.05, 0) is 49.4 Å². The fourth-order valence-electron chi connectivity index (χ4n) is 2.39. The molecule has 102 valence electrons. The zero-order valence-electron chi connectivity index (χ0n) is 11.4. The summed E-state index contributed by atoms with van der Waals surface area (Å²) in [5, 5.41) is 3.97. The van der Waals surface area contributed by atoms with Gasteiger partial charge in [-0.1, -0.05) is 6.07 Å². The fraction of sp³-hybridized carbons (Fsp3) is 0.188. The molecule has 0 bridgehead atoms. The van der Waals surface area contributed by atoms with Crippen LogP contribution in [0.1, 0.15) is 22.9 Å². The molecule has 0 aliphatic rings. The van der Waals surface area contributed by atoms with Crippen molar-refractivity contribution in [2.75, 3.05) is 7.05 Å². The molecule has 0 radical (unpaired) electrons. The number of rotatable bonds is 3. The van der Waals surface area contributed by atoms with Gasteiger partial charge in [0.1, 0.15) is 17.2 Å². The first-order chi connectivity index (χ1) is 9.67. The lowest BCUT2D eigenvalue weighted by molar-refractivity contribution is 0.490. The molecule has 3 aromatic rings. The molecular formula is C16H15FN2O. The lowest BCUT2D eigenvalue weighted by atomic mass is 10.1. The van der Waals surface area contributed by atoms with Crippen LogP contribution in [-0.4, -0.2) is 12.0 Å².